The fraction of sp³-hybridized carbons (Fsp3) is 0.400. The van der Waals surface area contributed by atoms with Gasteiger partial charge in [0.15, 0.2) is 0 Å². The lowest BCUT2D eigenvalue weighted by molar-refractivity contribution is 0.0950. The molecule has 8 heteroatoms. The van der Waals surface area contributed by atoms with Crippen LogP contribution in [0, 0.1) is 0 Å². The molecule has 0 spiro atoms. The third-order valence-electron chi connectivity index (χ3n) is 3.01. The van der Waals surface area contributed by atoms with E-state index >= 15 is 0 Å². The first-order valence-corrected chi connectivity index (χ1v) is 9.07. The van der Waals surface area contributed by atoms with Gasteiger partial charge in [-0.05, 0) is 18.6 Å². The van der Waals surface area contributed by atoms with E-state index in [9.17, 15) is 4.79 Å². The lowest BCUT2D eigenvalue weighted by atomic mass is 10.2. The molecule has 0 saturated carbocycles. The summed E-state index contributed by atoms with van der Waals surface area (Å²) in [7, 11) is 1.67. The van der Waals surface area contributed by atoms with Crippen molar-refractivity contribution >= 4 is 34.1 Å². The van der Waals surface area contributed by atoms with Gasteiger partial charge >= 0.3 is 0 Å². The van der Waals surface area contributed by atoms with Gasteiger partial charge in [-0.1, -0.05) is 23.5 Å². The molecule has 0 aliphatic rings. The van der Waals surface area contributed by atoms with Gasteiger partial charge in [0.2, 0.25) is 5.13 Å². The number of anilines is 1. The van der Waals surface area contributed by atoms with Crippen molar-refractivity contribution in [2.75, 3.05) is 31.7 Å². The number of amides is 1. The number of aromatic nitrogens is 2. The molecule has 1 amide bonds. The maximum atomic E-state index is 12.3. The Kier molecular flexibility index (Phi) is 7.31. The number of methoxy groups -OCH3 is 1. The minimum atomic E-state index is -0.0534. The number of hydrogen-bond acceptors (Lipinski definition) is 7. The van der Waals surface area contributed by atoms with Gasteiger partial charge in [-0.3, -0.25) is 4.79 Å². The molecule has 23 heavy (non-hydrogen) atoms. The zero-order valence-corrected chi connectivity index (χ0v) is 14.6. The molecule has 0 atom stereocenters. The normalized spacial score (nSPS) is 10.7. The van der Waals surface area contributed by atoms with Gasteiger partial charge in [-0.25, -0.2) is 0 Å². The smallest absolute Gasteiger partial charge is 0.252 e. The Labute approximate surface area is 143 Å². The van der Waals surface area contributed by atoms with Crippen LogP contribution in [0.25, 0.3) is 0 Å². The number of ether oxygens (including phenoxy) is 1. The van der Waals surface area contributed by atoms with Crippen LogP contribution in [-0.2, 0) is 11.2 Å². The average molecular weight is 352 g/mol. The number of carbonyl (C=O) groups excluding carboxylic acids is 1. The SMILES string of the molecule is COCCSc1ccccc1C(=O)NCCCc1nnc(N)s1. The molecule has 2 rings (SSSR count). The van der Waals surface area contributed by atoms with Gasteiger partial charge in [0, 0.05) is 30.7 Å². The molecular weight excluding hydrogens is 332 g/mol. The molecule has 0 bridgehead atoms. The summed E-state index contributed by atoms with van der Waals surface area (Å²) < 4.78 is 5.05. The van der Waals surface area contributed by atoms with Crippen LogP contribution >= 0.6 is 23.1 Å². The van der Waals surface area contributed by atoms with Crippen molar-refractivity contribution < 1.29 is 9.53 Å². The van der Waals surface area contributed by atoms with E-state index in [0.29, 0.717) is 23.8 Å². The van der Waals surface area contributed by atoms with E-state index < -0.39 is 0 Å². The Morgan fingerprint density at radius 3 is 2.96 bits per heavy atom. The summed E-state index contributed by atoms with van der Waals surface area (Å²) in [5, 5.41) is 12.1. The van der Waals surface area contributed by atoms with Gasteiger partial charge in [0.05, 0.1) is 12.2 Å². The summed E-state index contributed by atoms with van der Waals surface area (Å²) in [5.41, 5.74) is 6.24. The minimum absolute atomic E-state index is 0.0534. The number of rotatable bonds is 9. The first-order valence-electron chi connectivity index (χ1n) is 7.27. The Morgan fingerprint density at radius 2 is 2.22 bits per heavy atom. The molecule has 0 unspecified atom stereocenters. The van der Waals surface area contributed by atoms with Crippen molar-refractivity contribution in [1.82, 2.24) is 15.5 Å². The maximum Gasteiger partial charge on any atom is 0.252 e. The van der Waals surface area contributed by atoms with Crippen LogP contribution in [-0.4, -0.2) is 42.1 Å². The van der Waals surface area contributed by atoms with E-state index in [-0.39, 0.29) is 5.91 Å². The van der Waals surface area contributed by atoms with Crippen LogP contribution in [0.5, 0.6) is 0 Å². The van der Waals surface area contributed by atoms with E-state index in [4.69, 9.17) is 10.5 Å². The molecule has 0 radical (unpaired) electrons. The third-order valence-corrected chi connectivity index (χ3v) is 4.86. The topological polar surface area (TPSA) is 90.1 Å². The molecule has 3 N–H and O–H groups in total. The van der Waals surface area contributed by atoms with Gasteiger partial charge in [-0.15, -0.1) is 22.0 Å². The van der Waals surface area contributed by atoms with E-state index in [2.05, 4.69) is 15.5 Å². The summed E-state index contributed by atoms with van der Waals surface area (Å²) in [6.07, 6.45) is 1.57. The second-order valence-corrected chi connectivity index (χ2v) is 6.96. The first-order chi connectivity index (χ1) is 11.2. The zero-order valence-electron chi connectivity index (χ0n) is 12.9. The van der Waals surface area contributed by atoms with Crippen LogP contribution in [0.4, 0.5) is 5.13 Å². The molecule has 0 saturated heterocycles. The molecule has 6 nitrogen and oxygen atoms in total. The van der Waals surface area contributed by atoms with Gasteiger partial charge < -0.3 is 15.8 Å². The predicted molar refractivity (Wildman–Crippen MR) is 94.0 cm³/mol. The highest BCUT2D eigenvalue weighted by molar-refractivity contribution is 7.99. The van der Waals surface area contributed by atoms with Gasteiger partial charge in [0.25, 0.3) is 5.91 Å². The van der Waals surface area contributed by atoms with E-state index in [1.54, 1.807) is 18.9 Å². The molecule has 124 valence electrons. The summed E-state index contributed by atoms with van der Waals surface area (Å²) in [6.45, 7) is 1.25. The quantitative estimate of drug-likeness (QED) is 0.531. The maximum absolute atomic E-state index is 12.3. The van der Waals surface area contributed by atoms with Gasteiger partial charge in [0.1, 0.15) is 5.01 Å². The number of hydrogen-bond donors (Lipinski definition) is 2. The van der Waals surface area contributed by atoms with Crippen LogP contribution in [0.15, 0.2) is 29.2 Å². The highest BCUT2D eigenvalue weighted by atomic mass is 32.2. The highest BCUT2D eigenvalue weighted by Gasteiger charge is 2.10. The summed E-state index contributed by atoms with van der Waals surface area (Å²) >= 11 is 3.01. The van der Waals surface area contributed by atoms with Crippen molar-refractivity contribution in [3.63, 3.8) is 0 Å². The molecule has 0 aliphatic heterocycles. The van der Waals surface area contributed by atoms with Crippen molar-refractivity contribution in [3.05, 3.63) is 34.8 Å². The van der Waals surface area contributed by atoms with E-state index in [1.165, 1.54) is 11.3 Å². The van der Waals surface area contributed by atoms with Crippen molar-refractivity contribution in [1.29, 1.82) is 0 Å². The summed E-state index contributed by atoms with van der Waals surface area (Å²) in [6, 6.07) is 7.61. The Morgan fingerprint density at radius 1 is 1.39 bits per heavy atom. The van der Waals surface area contributed by atoms with Gasteiger partial charge in [-0.2, -0.15) is 0 Å². The highest BCUT2D eigenvalue weighted by Crippen LogP contribution is 2.22. The molecule has 1 heterocycles. The average Bonchev–Trinajstić information content (AvgIpc) is 2.97. The number of benzene rings is 1. The molecular formula is C15H20N4O2S2. The number of aryl methyl sites for hydroxylation is 1. The number of nitrogen functional groups attached to an aromatic ring is 1. The molecule has 0 aliphatic carbocycles. The number of nitrogens with one attached hydrogen (secondary N) is 1. The number of carbonyl (C=O) groups is 1. The first kappa shape index (κ1) is 17.7. The molecule has 1 aromatic heterocycles. The van der Waals surface area contributed by atoms with Crippen LogP contribution in [0.2, 0.25) is 0 Å². The third kappa shape index (κ3) is 5.81. The number of nitrogens with zero attached hydrogens (tertiary/aromatic N) is 2. The number of nitrogens with two attached hydrogens (primary N) is 1. The fourth-order valence-electron chi connectivity index (χ4n) is 1.92. The predicted octanol–water partition coefficient (Wildman–Crippen LogP) is 2.22. The second-order valence-electron chi connectivity index (χ2n) is 4.73. The molecule has 0 fully saturated rings. The summed E-state index contributed by atoms with van der Waals surface area (Å²) in [5.74, 6) is 0.765. The molecule has 1 aromatic carbocycles. The Balaban J connectivity index is 1.80. The van der Waals surface area contributed by atoms with E-state index in [0.717, 1.165) is 28.5 Å². The van der Waals surface area contributed by atoms with Crippen LogP contribution in [0.3, 0.4) is 0 Å². The van der Waals surface area contributed by atoms with Crippen LogP contribution < -0.4 is 11.1 Å². The minimum Gasteiger partial charge on any atom is -0.384 e. The second kappa shape index (κ2) is 9.49. The van der Waals surface area contributed by atoms with Crippen LogP contribution in [0.1, 0.15) is 21.8 Å². The van der Waals surface area contributed by atoms with Crippen molar-refractivity contribution in [2.45, 2.75) is 17.7 Å². The zero-order chi connectivity index (χ0) is 16.5. The number of thioether (sulfide) groups is 1. The van der Waals surface area contributed by atoms with Crippen molar-refractivity contribution in [3.8, 4) is 0 Å². The monoisotopic (exact) mass is 352 g/mol. The summed E-state index contributed by atoms with van der Waals surface area (Å²) in [4.78, 5) is 13.3. The molecule has 2 aromatic rings. The Hall–Kier alpha value is -1.64. The lowest BCUT2D eigenvalue weighted by Crippen LogP contribution is -2.25. The Bertz CT molecular complexity index is 633. The fourth-order valence-corrected chi connectivity index (χ4v) is 3.53. The standard InChI is InChI=1S/C15H20N4O2S2/c1-21-9-10-22-12-6-3-2-5-11(12)14(20)17-8-4-7-13-18-19-15(16)23-13/h2-3,5-6H,4,7-10H2,1H3,(H2,16,19)(H,17,20). The van der Waals surface area contributed by atoms with E-state index in [1.807, 2.05) is 24.3 Å². The largest absolute Gasteiger partial charge is 0.384 e. The van der Waals surface area contributed by atoms with Crippen molar-refractivity contribution in [2.24, 2.45) is 0 Å². The lowest BCUT2D eigenvalue weighted by Gasteiger charge is -2.09.